The van der Waals surface area contributed by atoms with Gasteiger partial charge in [-0.05, 0) is 76.7 Å². The number of rotatable bonds is 6. The monoisotopic (exact) mass is 238 g/mol. The molecule has 1 spiro atoms. The van der Waals surface area contributed by atoms with Crippen LogP contribution in [0.4, 0.5) is 0 Å². The topological polar surface area (TPSA) is 15.3 Å². The van der Waals surface area contributed by atoms with Crippen LogP contribution in [0.1, 0.15) is 58.3 Å². The van der Waals surface area contributed by atoms with Crippen molar-refractivity contribution in [2.24, 2.45) is 5.41 Å². The SMILES string of the molecule is CCNCCCCN1CCC2(CCCC2)CC1. The maximum atomic E-state index is 3.41. The number of unbranched alkanes of at least 4 members (excludes halogenated alkanes) is 1. The second kappa shape index (κ2) is 6.75. The molecular formula is C15H30N2. The van der Waals surface area contributed by atoms with E-state index in [0.29, 0.717) is 0 Å². The van der Waals surface area contributed by atoms with Crippen molar-refractivity contribution in [3.8, 4) is 0 Å². The van der Waals surface area contributed by atoms with E-state index in [2.05, 4.69) is 17.1 Å². The van der Waals surface area contributed by atoms with Crippen molar-refractivity contribution in [1.29, 1.82) is 0 Å². The molecule has 1 saturated heterocycles. The van der Waals surface area contributed by atoms with Crippen molar-refractivity contribution in [1.82, 2.24) is 10.2 Å². The van der Waals surface area contributed by atoms with Crippen LogP contribution in [0.15, 0.2) is 0 Å². The van der Waals surface area contributed by atoms with Gasteiger partial charge in [-0.2, -0.15) is 0 Å². The van der Waals surface area contributed by atoms with Gasteiger partial charge in [0, 0.05) is 0 Å². The normalized spacial score (nSPS) is 24.5. The van der Waals surface area contributed by atoms with E-state index in [1.165, 1.54) is 77.5 Å². The van der Waals surface area contributed by atoms with E-state index in [-0.39, 0.29) is 0 Å². The zero-order valence-corrected chi connectivity index (χ0v) is 11.6. The van der Waals surface area contributed by atoms with Gasteiger partial charge in [0.2, 0.25) is 0 Å². The molecule has 1 saturated carbocycles. The van der Waals surface area contributed by atoms with E-state index in [1.54, 1.807) is 0 Å². The maximum absolute atomic E-state index is 3.41. The highest BCUT2D eigenvalue weighted by molar-refractivity contribution is 4.89. The zero-order valence-electron chi connectivity index (χ0n) is 11.6. The lowest BCUT2D eigenvalue weighted by Gasteiger charge is -2.39. The first-order valence-corrected chi connectivity index (χ1v) is 7.78. The number of nitrogens with zero attached hydrogens (tertiary/aromatic N) is 1. The Hall–Kier alpha value is -0.0800. The van der Waals surface area contributed by atoms with Gasteiger partial charge >= 0.3 is 0 Å². The number of hydrogen-bond donors (Lipinski definition) is 1. The molecule has 0 amide bonds. The average Bonchev–Trinajstić information content (AvgIpc) is 2.80. The summed E-state index contributed by atoms with van der Waals surface area (Å²) in [5.74, 6) is 0. The van der Waals surface area contributed by atoms with Crippen LogP contribution in [0.2, 0.25) is 0 Å². The van der Waals surface area contributed by atoms with Gasteiger partial charge in [-0.1, -0.05) is 19.8 Å². The third kappa shape index (κ3) is 3.96. The number of nitrogens with one attached hydrogen (secondary N) is 1. The van der Waals surface area contributed by atoms with E-state index in [1.807, 2.05) is 0 Å². The molecule has 17 heavy (non-hydrogen) atoms. The maximum Gasteiger partial charge on any atom is -0.00134 e. The fourth-order valence-electron chi connectivity index (χ4n) is 3.64. The highest BCUT2D eigenvalue weighted by Gasteiger charge is 2.36. The third-order valence-electron chi connectivity index (χ3n) is 4.91. The van der Waals surface area contributed by atoms with Crippen molar-refractivity contribution in [2.45, 2.75) is 58.3 Å². The number of likely N-dealkylation sites (tertiary alicyclic amines) is 1. The second-order valence-corrected chi connectivity index (χ2v) is 6.11. The summed E-state index contributed by atoms with van der Waals surface area (Å²) < 4.78 is 0. The van der Waals surface area contributed by atoms with Gasteiger partial charge in [0.15, 0.2) is 0 Å². The molecule has 1 N–H and O–H groups in total. The second-order valence-electron chi connectivity index (χ2n) is 6.11. The third-order valence-corrected chi connectivity index (χ3v) is 4.91. The lowest BCUT2D eigenvalue weighted by molar-refractivity contribution is 0.107. The van der Waals surface area contributed by atoms with Gasteiger partial charge in [-0.3, -0.25) is 0 Å². The molecule has 0 atom stereocenters. The minimum atomic E-state index is 0.792. The van der Waals surface area contributed by atoms with Crippen LogP contribution in [-0.2, 0) is 0 Å². The van der Waals surface area contributed by atoms with Crippen LogP contribution >= 0.6 is 0 Å². The predicted octanol–water partition coefficient (Wildman–Crippen LogP) is 3.03. The van der Waals surface area contributed by atoms with Crippen LogP contribution in [0.3, 0.4) is 0 Å². The van der Waals surface area contributed by atoms with Crippen LogP contribution in [0.25, 0.3) is 0 Å². The highest BCUT2D eigenvalue weighted by atomic mass is 15.1. The highest BCUT2D eigenvalue weighted by Crippen LogP contribution is 2.45. The molecular weight excluding hydrogens is 208 g/mol. The van der Waals surface area contributed by atoms with Gasteiger partial charge in [0.1, 0.15) is 0 Å². The van der Waals surface area contributed by atoms with E-state index in [9.17, 15) is 0 Å². The summed E-state index contributed by atoms with van der Waals surface area (Å²) in [4.78, 5) is 2.70. The molecule has 0 aromatic carbocycles. The molecule has 0 aromatic rings. The summed E-state index contributed by atoms with van der Waals surface area (Å²) in [6.07, 6.45) is 11.8. The van der Waals surface area contributed by atoms with E-state index in [4.69, 9.17) is 0 Å². The quantitative estimate of drug-likeness (QED) is 0.716. The predicted molar refractivity (Wildman–Crippen MR) is 74.4 cm³/mol. The molecule has 0 aromatic heterocycles. The summed E-state index contributed by atoms with van der Waals surface area (Å²) >= 11 is 0. The summed E-state index contributed by atoms with van der Waals surface area (Å²) in [6, 6.07) is 0. The Kier molecular flexibility index (Phi) is 5.30. The Balaban J connectivity index is 1.56. The van der Waals surface area contributed by atoms with Gasteiger partial charge < -0.3 is 10.2 Å². The average molecular weight is 238 g/mol. The molecule has 2 fully saturated rings. The van der Waals surface area contributed by atoms with Gasteiger partial charge in [0.25, 0.3) is 0 Å². The fourth-order valence-corrected chi connectivity index (χ4v) is 3.64. The first-order valence-electron chi connectivity index (χ1n) is 7.78. The summed E-state index contributed by atoms with van der Waals surface area (Å²) in [6.45, 7) is 8.59. The van der Waals surface area contributed by atoms with Gasteiger partial charge in [-0.15, -0.1) is 0 Å². The zero-order chi connectivity index (χ0) is 12.0. The lowest BCUT2D eigenvalue weighted by atomic mass is 9.77. The number of piperidine rings is 1. The minimum absolute atomic E-state index is 0.792. The Labute approximate surface area is 107 Å². The molecule has 2 rings (SSSR count). The standard InChI is InChI=1S/C15H30N2/c1-2-16-11-5-6-12-17-13-9-15(10-14-17)7-3-4-8-15/h16H,2-14H2,1H3. The first kappa shape index (κ1) is 13.4. The molecule has 2 aliphatic rings. The summed E-state index contributed by atoms with van der Waals surface area (Å²) in [5, 5.41) is 3.41. The number of hydrogen-bond acceptors (Lipinski definition) is 2. The Morgan fingerprint density at radius 2 is 1.71 bits per heavy atom. The largest absolute Gasteiger partial charge is 0.317 e. The lowest BCUT2D eigenvalue weighted by Crippen LogP contribution is -2.39. The van der Waals surface area contributed by atoms with Crippen LogP contribution in [0, 0.1) is 5.41 Å². The molecule has 0 unspecified atom stereocenters. The summed E-state index contributed by atoms with van der Waals surface area (Å²) in [5.41, 5.74) is 0.792. The molecule has 0 bridgehead atoms. The molecule has 1 aliphatic carbocycles. The van der Waals surface area contributed by atoms with Crippen LogP contribution in [0.5, 0.6) is 0 Å². The van der Waals surface area contributed by atoms with Gasteiger partial charge in [0.05, 0.1) is 0 Å². The van der Waals surface area contributed by atoms with Crippen molar-refractivity contribution in [3.63, 3.8) is 0 Å². The van der Waals surface area contributed by atoms with E-state index < -0.39 is 0 Å². The minimum Gasteiger partial charge on any atom is -0.317 e. The molecule has 1 heterocycles. The Morgan fingerprint density at radius 1 is 1.00 bits per heavy atom. The smallest absolute Gasteiger partial charge is 0.00134 e. The van der Waals surface area contributed by atoms with Crippen LogP contribution < -0.4 is 5.32 Å². The molecule has 1 aliphatic heterocycles. The van der Waals surface area contributed by atoms with Crippen molar-refractivity contribution in [3.05, 3.63) is 0 Å². The van der Waals surface area contributed by atoms with Crippen molar-refractivity contribution >= 4 is 0 Å². The van der Waals surface area contributed by atoms with E-state index in [0.717, 1.165) is 12.0 Å². The molecule has 0 radical (unpaired) electrons. The molecule has 2 nitrogen and oxygen atoms in total. The van der Waals surface area contributed by atoms with Crippen LogP contribution in [-0.4, -0.2) is 37.6 Å². The molecule has 2 heteroatoms. The summed E-state index contributed by atoms with van der Waals surface area (Å²) in [7, 11) is 0. The molecule has 100 valence electrons. The Bertz CT molecular complexity index is 199. The van der Waals surface area contributed by atoms with Crippen molar-refractivity contribution < 1.29 is 0 Å². The Morgan fingerprint density at radius 3 is 2.35 bits per heavy atom. The van der Waals surface area contributed by atoms with Gasteiger partial charge in [-0.25, -0.2) is 0 Å². The van der Waals surface area contributed by atoms with Crippen molar-refractivity contribution in [2.75, 3.05) is 32.7 Å². The first-order chi connectivity index (χ1) is 8.35. The fraction of sp³-hybridized carbons (Fsp3) is 1.00. The van der Waals surface area contributed by atoms with E-state index >= 15 is 0 Å².